The number of alkyl halides is 1. The first-order valence-electron chi connectivity index (χ1n) is 16.5. The Morgan fingerprint density at radius 1 is 0.857 bits per heavy atom. The molecule has 0 bridgehead atoms. The molecule has 1 aliphatic carbocycles. The highest BCUT2D eigenvalue weighted by molar-refractivity contribution is 5.81. The summed E-state index contributed by atoms with van der Waals surface area (Å²) in [5, 5.41) is 69.0. The van der Waals surface area contributed by atoms with Gasteiger partial charge in [-0.1, -0.05) is 0 Å². The monoisotopic (exact) mass is 715 g/mol. The van der Waals surface area contributed by atoms with E-state index in [2.05, 4.69) is 10.6 Å². The predicted molar refractivity (Wildman–Crippen MR) is 164 cm³/mol. The van der Waals surface area contributed by atoms with Gasteiger partial charge >= 0.3 is 0 Å². The van der Waals surface area contributed by atoms with Crippen molar-refractivity contribution in [2.45, 2.75) is 136 Å². The second-order valence-electron chi connectivity index (χ2n) is 13.0. The summed E-state index contributed by atoms with van der Waals surface area (Å²) in [4.78, 5) is 12.6. The minimum Gasteiger partial charge on any atom is -0.394 e. The topological polar surface area (TPSA) is 348 Å². The lowest BCUT2D eigenvalue weighted by atomic mass is 9.83. The van der Waals surface area contributed by atoms with Crippen LogP contribution in [0.1, 0.15) is 19.3 Å². The Hall–Kier alpha value is -1.32. The Bertz CT molecular complexity index is 1050. The Morgan fingerprint density at radius 2 is 1.51 bits per heavy atom. The molecular weight excluding hydrogens is 661 g/mol. The van der Waals surface area contributed by atoms with Crippen LogP contribution in [0.3, 0.4) is 0 Å². The number of likely N-dealkylation sites (N-methyl/N-ethyl adjacent to an activating group) is 1. The Balaban J connectivity index is 1.55. The van der Waals surface area contributed by atoms with Gasteiger partial charge < -0.3 is 98.4 Å². The smallest absolute Gasteiger partial charge is 0.252 e. The summed E-state index contributed by atoms with van der Waals surface area (Å²) in [6, 6.07) is -4.06. The van der Waals surface area contributed by atoms with Gasteiger partial charge in [0, 0.05) is 25.7 Å². The van der Waals surface area contributed by atoms with E-state index in [4.69, 9.17) is 57.1 Å². The first kappa shape index (κ1) is 40.5. The van der Waals surface area contributed by atoms with Crippen LogP contribution in [-0.4, -0.2) is 186 Å². The maximum atomic E-state index is 14.0. The maximum Gasteiger partial charge on any atom is 0.252 e. The summed E-state index contributed by atoms with van der Waals surface area (Å²) in [6.07, 6.45) is -20.0. The largest absolute Gasteiger partial charge is 0.394 e. The SMILES string of the molecule is CNC[C@@H]1CC[C@@H](N)[C@@H](O[C@H]2[C@H](O[C@@H]3O[C@H](CO)[C@@H](O[C@H]4O[C@@H](CN)[C@@H](O)[C@H](O)[C@H]4N)[C@H]3O)[C@@H](O)[C@H](NC(=O)[C@@H](O)[C@H](F)CN)C[C@@H]2N)O1. The summed E-state index contributed by atoms with van der Waals surface area (Å²) in [5.41, 5.74) is 29.7. The number of carbonyl (C=O) groups excluding carboxylic acids is 1. The molecule has 0 spiro atoms. The van der Waals surface area contributed by atoms with Crippen molar-refractivity contribution in [3.8, 4) is 0 Å². The van der Waals surface area contributed by atoms with E-state index in [1.165, 1.54) is 0 Å². The van der Waals surface area contributed by atoms with Crippen molar-refractivity contribution >= 4 is 5.91 Å². The third-order valence-corrected chi connectivity index (χ3v) is 9.44. The summed E-state index contributed by atoms with van der Waals surface area (Å²) in [6.45, 7) is -1.01. The van der Waals surface area contributed by atoms with E-state index in [9.17, 15) is 39.8 Å². The van der Waals surface area contributed by atoms with Gasteiger partial charge in [-0.2, -0.15) is 0 Å². The second kappa shape index (κ2) is 17.9. The van der Waals surface area contributed by atoms with Crippen LogP contribution in [0.15, 0.2) is 0 Å². The van der Waals surface area contributed by atoms with Gasteiger partial charge in [-0.25, -0.2) is 4.39 Å². The molecule has 0 radical (unpaired) electrons. The van der Waals surface area contributed by atoms with Crippen LogP contribution in [0.25, 0.3) is 0 Å². The van der Waals surface area contributed by atoms with Crippen molar-refractivity contribution in [1.29, 1.82) is 0 Å². The lowest BCUT2D eigenvalue weighted by molar-refractivity contribution is -0.289. The number of aliphatic hydroxyl groups excluding tert-OH is 6. The Labute approximate surface area is 282 Å². The fourth-order valence-electron chi connectivity index (χ4n) is 6.53. The van der Waals surface area contributed by atoms with Gasteiger partial charge in [0.05, 0.1) is 30.8 Å². The molecule has 286 valence electrons. The predicted octanol–water partition coefficient (Wildman–Crippen LogP) is -7.76. The van der Waals surface area contributed by atoms with Crippen molar-refractivity contribution in [3.63, 3.8) is 0 Å². The molecule has 49 heavy (non-hydrogen) atoms. The van der Waals surface area contributed by atoms with E-state index in [1.54, 1.807) is 7.05 Å². The van der Waals surface area contributed by atoms with E-state index in [0.717, 1.165) is 0 Å². The number of hydrogen-bond donors (Lipinski definition) is 13. The standard InChI is InChI=1S/C28H54FN7O13/c1-35-7-9-2-3-11(32)26(44-9)47-22-12(33)4-13(36-25(43)17(38)10(29)5-30)18(39)24(22)49-28-21(42)23(15(8-37)46-28)48-27-16(34)20(41)19(40)14(6-31)45-27/h9-24,26-28,35,37-42H,2-8,30-34H2,1H3,(H,36,43)/t9-,10+,11+,12-,13+,14-,15+,16+,17-,18-,19+,20+,21+,22+,23+,24+,26+,27+,28-/m0/s1. The highest BCUT2D eigenvalue weighted by Gasteiger charge is 2.54. The highest BCUT2D eigenvalue weighted by atomic mass is 19.1. The van der Waals surface area contributed by atoms with Gasteiger partial charge in [0.15, 0.2) is 25.0 Å². The first-order valence-corrected chi connectivity index (χ1v) is 16.5. The Kier molecular flexibility index (Phi) is 14.8. The van der Waals surface area contributed by atoms with Crippen LogP contribution in [-0.2, 0) is 33.2 Å². The van der Waals surface area contributed by atoms with Crippen molar-refractivity contribution in [1.82, 2.24) is 10.6 Å². The number of carbonyl (C=O) groups is 1. The number of nitrogens with one attached hydrogen (secondary N) is 2. The van der Waals surface area contributed by atoms with Crippen LogP contribution < -0.4 is 39.3 Å². The van der Waals surface area contributed by atoms with Gasteiger partial charge in [-0.3, -0.25) is 4.79 Å². The normalized spacial score (nSPS) is 45.9. The molecule has 0 aromatic heterocycles. The second-order valence-corrected chi connectivity index (χ2v) is 13.0. The number of ether oxygens (including phenoxy) is 6. The van der Waals surface area contributed by atoms with Crippen molar-refractivity contribution in [3.05, 3.63) is 0 Å². The number of hydrogen-bond acceptors (Lipinski definition) is 19. The molecule has 4 aliphatic rings. The number of aliphatic hydroxyl groups is 6. The molecule has 4 fully saturated rings. The molecule has 20 nitrogen and oxygen atoms in total. The van der Waals surface area contributed by atoms with Crippen LogP contribution in [0.5, 0.6) is 0 Å². The molecule has 19 atom stereocenters. The Morgan fingerprint density at radius 3 is 2.14 bits per heavy atom. The van der Waals surface area contributed by atoms with E-state index < -0.39 is 129 Å². The minimum absolute atomic E-state index is 0.127. The lowest BCUT2D eigenvalue weighted by Gasteiger charge is -2.46. The van der Waals surface area contributed by atoms with Crippen molar-refractivity contribution in [2.75, 3.05) is 33.3 Å². The fraction of sp³-hybridized carbons (Fsp3) is 0.964. The van der Waals surface area contributed by atoms with E-state index in [-0.39, 0.29) is 19.1 Å². The summed E-state index contributed by atoms with van der Waals surface area (Å²) >= 11 is 0. The summed E-state index contributed by atoms with van der Waals surface area (Å²) < 4.78 is 49.6. The van der Waals surface area contributed by atoms with Gasteiger partial charge in [-0.15, -0.1) is 0 Å². The fourth-order valence-corrected chi connectivity index (χ4v) is 6.53. The molecule has 1 saturated carbocycles. The van der Waals surface area contributed by atoms with Crippen molar-refractivity contribution in [2.24, 2.45) is 28.7 Å². The van der Waals surface area contributed by atoms with Crippen LogP contribution >= 0.6 is 0 Å². The highest BCUT2D eigenvalue weighted by Crippen LogP contribution is 2.34. The average molecular weight is 716 g/mol. The molecule has 1 amide bonds. The van der Waals surface area contributed by atoms with Gasteiger partial charge in [-0.05, 0) is 26.3 Å². The van der Waals surface area contributed by atoms with E-state index in [1.807, 2.05) is 0 Å². The average Bonchev–Trinajstić information content (AvgIpc) is 3.38. The minimum atomic E-state index is -2.13. The molecule has 4 rings (SSSR count). The maximum absolute atomic E-state index is 14.0. The zero-order chi connectivity index (χ0) is 36.2. The molecule has 0 aromatic carbocycles. The lowest BCUT2D eigenvalue weighted by Crippen LogP contribution is -2.67. The van der Waals surface area contributed by atoms with E-state index >= 15 is 0 Å². The number of rotatable bonds is 14. The molecule has 0 unspecified atom stereocenters. The number of nitrogens with two attached hydrogens (primary N) is 5. The molecule has 21 heteroatoms. The third-order valence-electron chi connectivity index (χ3n) is 9.44. The first-order chi connectivity index (χ1) is 23.3. The van der Waals surface area contributed by atoms with Gasteiger partial charge in [0.2, 0.25) is 0 Å². The third kappa shape index (κ3) is 9.19. The van der Waals surface area contributed by atoms with Crippen LogP contribution in [0, 0.1) is 0 Å². The van der Waals surface area contributed by atoms with Gasteiger partial charge in [0.25, 0.3) is 5.91 Å². The zero-order valence-corrected chi connectivity index (χ0v) is 27.2. The summed E-state index contributed by atoms with van der Waals surface area (Å²) in [7, 11) is 1.76. The molecular formula is C28H54FN7O13. The molecule has 3 saturated heterocycles. The van der Waals surface area contributed by atoms with Crippen molar-refractivity contribution < 1.29 is 68.2 Å². The molecule has 18 N–H and O–H groups in total. The van der Waals surface area contributed by atoms with Crippen LogP contribution in [0.2, 0.25) is 0 Å². The number of halogens is 1. The quantitative estimate of drug-likeness (QED) is 0.0794. The number of amides is 1. The van der Waals surface area contributed by atoms with Gasteiger partial charge in [0.1, 0.15) is 61.1 Å². The van der Waals surface area contributed by atoms with Crippen LogP contribution in [0.4, 0.5) is 4.39 Å². The van der Waals surface area contributed by atoms with E-state index in [0.29, 0.717) is 19.4 Å². The molecule has 0 aromatic rings. The molecule has 3 aliphatic heterocycles. The summed E-state index contributed by atoms with van der Waals surface area (Å²) in [5.74, 6) is -1.15. The molecule has 3 heterocycles. The zero-order valence-electron chi connectivity index (χ0n) is 27.2.